The van der Waals surface area contributed by atoms with Crippen molar-refractivity contribution in [3.63, 3.8) is 0 Å². The van der Waals surface area contributed by atoms with Crippen molar-refractivity contribution in [2.24, 2.45) is 0 Å². The Morgan fingerprint density at radius 2 is 2.04 bits per heavy atom. The number of hydrogen-bond acceptors (Lipinski definition) is 4. The van der Waals surface area contributed by atoms with Crippen LogP contribution < -0.4 is 5.32 Å². The van der Waals surface area contributed by atoms with Crippen LogP contribution in [-0.4, -0.2) is 71.6 Å². The smallest absolute Gasteiger partial charge is 0.251 e. The van der Waals surface area contributed by atoms with Crippen LogP contribution in [0.5, 0.6) is 0 Å². The van der Waals surface area contributed by atoms with E-state index in [4.69, 9.17) is 0 Å². The van der Waals surface area contributed by atoms with Gasteiger partial charge in [0.2, 0.25) is 0 Å². The van der Waals surface area contributed by atoms with Crippen LogP contribution in [0, 0.1) is 6.92 Å². The fourth-order valence-electron chi connectivity index (χ4n) is 3.77. The minimum Gasteiger partial charge on any atom is -0.350 e. The second-order valence-corrected chi connectivity index (χ2v) is 7.76. The second-order valence-electron chi connectivity index (χ2n) is 7.76. The molecule has 1 aliphatic heterocycles. The predicted octanol–water partition coefficient (Wildman–Crippen LogP) is 2.31. The van der Waals surface area contributed by atoms with Gasteiger partial charge in [-0.2, -0.15) is 0 Å². The number of imidazole rings is 1. The highest BCUT2D eigenvalue weighted by atomic mass is 16.1. The first kappa shape index (κ1) is 18.7. The summed E-state index contributed by atoms with van der Waals surface area (Å²) in [6, 6.07) is 14.4. The summed E-state index contributed by atoms with van der Waals surface area (Å²) in [5.74, 6) is -0.0476. The number of piperazine rings is 1. The summed E-state index contributed by atoms with van der Waals surface area (Å²) in [4.78, 5) is 21.8. The van der Waals surface area contributed by atoms with E-state index in [0.29, 0.717) is 18.2 Å². The minimum atomic E-state index is -0.0476. The molecule has 6 heteroatoms. The largest absolute Gasteiger partial charge is 0.350 e. The van der Waals surface area contributed by atoms with Gasteiger partial charge in [0.1, 0.15) is 6.33 Å². The van der Waals surface area contributed by atoms with E-state index >= 15 is 0 Å². The molecule has 2 heterocycles. The third-order valence-electron chi connectivity index (χ3n) is 5.57. The fraction of sp³-hybridized carbons (Fsp3) is 0.364. The molecule has 1 atom stereocenters. The van der Waals surface area contributed by atoms with Gasteiger partial charge in [-0.1, -0.05) is 12.1 Å². The van der Waals surface area contributed by atoms with Crippen molar-refractivity contribution in [3.05, 3.63) is 59.9 Å². The Hall–Kier alpha value is -2.70. The molecule has 0 aliphatic carbocycles. The molecule has 28 heavy (non-hydrogen) atoms. The van der Waals surface area contributed by atoms with Crippen molar-refractivity contribution in [1.29, 1.82) is 0 Å². The topological polar surface area (TPSA) is 53.4 Å². The molecular formula is C22H27N5O. The van der Waals surface area contributed by atoms with E-state index in [9.17, 15) is 4.79 Å². The van der Waals surface area contributed by atoms with Crippen LogP contribution >= 0.6 is 0 Å². The van der Waals surface area contributed by atoms with Crippen LogP contribution in [0.1, 0.15) is 15.9 Å². The Kier molecular flexibility index (Phi) is 5.15. The minimum absolute atomic E-state index is 0.0476. The number of aryl methyl sites for hydroxylation is 1. The number of amides is 1. The molecule has 1 unspecified atom stereocenters. The zero-order chi connectivity index (χ0) is 19.7. The average Bonchev–Trinajstić information content (AvgIpc) is 3.11. The van der Waals surface area contributed by atoms with Crippen LogP contribution in [0.3, 0.4) is 0 Å². The highest BCUT2D eigenvalue weighted by Crippen LogP contribution is 2.20. The highest BCUT2D eigenvalue weighted by molar-refractivity contribution is 5.97. The van der Waals surface area contributed by atoms with Gasteiger partial charge in [0.15, 0.2) is 0 Å². The molecule has 3 aromatic rings. The lowest BCUT2D eigenvalue weighted by molar-refractivity contribution is 0.0881. The van der Waals surface area contributed by atoms with Gasteiger partial charge in [-0.05, 0) is 56.9 Å². The summed E-state index contributed by atoms with van der Waals surface area (Å²) < 4.78 is 2.05. The zero-order valence-corrected chi connectivity index (χ0v) is 16.7. The lowest BCUT2D eigenvalue weighted by atomic mass is 10.1. The van der Waals surface area contributed by atoms with Gasteiger partial charge >= 0.3 is 0 Å². The van der Waals surface area contributed by atoms with Crippen molar-refractivity contribution < 1.29 is 4.79 Å². The van der Waals surface area contributed by atoms with E-state index in [1.807, 2.05) is 30.6 Å². The van der Waals surface area contributed by atoms with Crippen molar-refractivity contribution >= 4 is 16.9 Å². The molecule has 146 valence electrons. The Balaban J connectivity index is 1.49. The van der Waals surface area contributed by atoms with Gasteiger partial charge in [-0.3, -0.25) is 14.3 Å². The van der Waals surface area contributed by atoms with Gasteiger partial charge in [0.25, 0.3) is 5.91 Å². The summed E-state index contributed by atoms with van der Waals surface area (Å²) in [6.07, 6.45) is 1.81. The maximum Gasteiger partial charge on any atom is 0.251 e. The molecule has 0 spiro atoms. The molecule has 4 rings (SSSR count). The second kappa shape index (κ2) is 7.73. The van der Waals surface area contributed by atoms with E-state index in [2.05, 4.69) is 63.9 Å². The molecule has 0 saturated carbocycles. The molecule has 1 fully saturated rings. The predicted molar refractivity (Wildman–Crippen MR) is 112 cm³/mol. The number of benzene rings is 2. The molecule has 0 radical (unpaired) electrons. The monoisotopic (exact) mass is 377 g/mol. The Morgan fingerprint density at radius 3 is 2.86 bits per heavy atom. The van der Waals surface area contributed by atoms with E-state index in [1.165, 1.54) is 5.56 Å². The maximum absolute atomic E-state index is 12.7. The average molecular weight is 377 g/mol. The molecular weight excluding hydrogens is 350 g/mol. The molecule has 2 aromatic carbocycles. The first-order valence-corrected chi connectivity index (χ1v) is 9.72. The number of nitrogens with zero attached hydrogens (tertiary/aromatic N) is 4. The standard InChI is InChI=1S/C22H27N5O/c1-16-5-4-6-18(11-16)27-15-24-20-12-17(7-8-21(20)27)22(28)23-13-19-14-25(2)9-10-26(19)3/h4-8,11-12,15,19H,9-10,13-14H2,1-3H3,(H,23,28). The number of aromatic nitrogens is 2. The van der Waals surface area contributed by atoms with E-state index in [1.54, 1.807) is 0 Å². The third-order valence-corrected chi connectivity index (χ3v) is 5.57. The van der Waals surface area contributed by atoms with Crippen molar-refractivity contribution in [3.8, 4) is 5.69 Å². The fourth-order valence-corrected chi connectivity index (χ4v) is 3.77. The molecule has 6 nitrogen and oxygen atoms in total. The summed E-state index contributed by atoms with van der Waals surface area (Å²) in [5.41, 5.74) is 4.74. The van der Waals surface area contributed by atoms with Gasteiger partial charge in [-0.15, -0.1) is 0 Å². The number of carbonyl (C=O) groups excluding carboxylic acids is 1. The first-order valence-electron chi connectivity index (χ1n) is 9.72. The quantitative estimate of drug-likeness (QED) is 0.758. The first-order chi connectivity index (χ1) is 13.5. The SMILES string of the molecule is Cc1cccc(-n2cnc3cc(C(=O)NCC4CN(C)CCN4C)ccc32)c1. The number of rotatable bonds is 4. The number of nitrogens with one attached hydrogen (secondary N) is 1. The lowest BCUT2D eigenvalue weighted by Crippen LogP contribution is -2.54. The number of carbonyl (C=O) groups is 1. The molecule has 0 bridgehead atoms. The van der Waals surface area contributed by atoms with Crippen LogP contribution in [0.2, 0.25) is 0 Å². The number of hydrogen-bond donors (Lipinski definition) is 1. The van der Waals surface area contributed by atoms with Crippen LogP contribution in [-0.2, 0) is 0 Å². The highest BCUT2D eigenvalue weighted by Gasteiger charge is 2.22. The Bertz CT molecular complexity index is 996. The van der Waals surface area contributed by atoms with Gasteiger partial charge in [0.05, 0.1) is 11.0 Å². The summed E-state index contributed by atoms with van der Waals surface area (Å²) in [5, 5.41) is 3.09. The Morgan fingerprint density at radius 1 is 1.18 bits per heavy atom. The number of fused-ring (bicyclic) bond motifs is 1. The summed E-state index contributed by atoms with van der Waals surface area (Å²) >= 11 is 0. The van der Waals surface area contributed by atoms with Gasteiger partial charge < -0.3 is 10.2 Å². The molecule has 1 aromatic heterocycles. The maximum atomic E-state index is 12.7. The summed E-state index contributed by atoms with van der Waals surface area (Å²) in [6.45, 7) is 5.79. The van der Waals surface area contributed by atoms with E-state index in [0.717, 1.165) is 36.4 Å². The van der Waals surface area contributed by atoms with Crippen molar-refractivity contribution in [2.45, 2.75) is 13.0 Å². The van der Waals surface area contributed by atoms with Crippen molar-refractivity contribution in [2.75, 3.05) is 40.3 Å². The Labute approximate surface area is 165 Å². The van der Waals surface area contributed by atoms with Gasteiger partial charge in [0, 0.05) is 43.5 Å². The molecule has 1 amide bonds. The van der Waals surface area contributed by atoms with Gasteiger partial charge in [-0.25, -0.2) is 4.98 Å². The molecule has 1 saturated heterocycles. The molecule has 1 aliphatic rings. The van der Waals surface area contributed by atoms with Crippen LogP contribution in [0.4, 0.5) is 0 Å². The summed E-state index contributed by atoms with van der Waals surface area (Å²) in [7, 11) is 4.24. The lowest BCUT2D eigenvalue weighted by Gasteiger charge is -2.37. The van der Waals surface area contributed by atoms with Crippen molar-refractivity contribution in [1.82, 2.24) is 24.7 Å². The normalized spacial score (nSPS) is 18.5. The number of likely N-dealkylation sites (N-methyl/N-ethyl adjacent to an activating group) is 2. The van der Waals surface area contributed by atoms with Crippen LogP contribution in [0.15, 0.2) is 48.8 Å². The third kappa shape index (κ3) is 3.79. The van der Waals surface area contributed by atoms with Crippen LogP contribution in [0.25, 0.3) is 16.7 Å². The molecule has 1 N–H and O–H groups in total. The zero-order valence-electron chi connectivity index (χ0n) is 16.7. The van der Waals surface area contributed by atoms with E-state index in [-0.39, 0.29) is 5.91 Å². The van der Waals surface area contributed by atoms with E-state index < -0.39 is 0 Å².